The van der Waals surface area contributed by atoms with E-state index >= 15 is 4.39 Å². The Hall–Kier alpha value is -2.98. The second-order valence-corrected chi connectivity index (χ2v) is 10.6. The number of anilines is 1. The molecule has 0 unspecified atom stereocenters. The first-order chi connectivity index (χ1) is 17.3. The normalized spacial score (nSPS) is 18.8. The number of hydrogen-bond donors (Lipinski definition) is 0. The minimum absolute atomic E-state index is 0.122. The lowest BCUT2D eigenvalue weighted by atomic mass is 9.88. The predicted octanol–water partition coefficient (Wildman–Crippen LogP) is 4.67. The van der Waals surface area contributed by atoms with Gasteiger partial charge in [-0.15, -0.1) is 0 Å². The number of piperidine rings is 1. The number of carbonyl (C=O) groups excluding carboxylic acids is 2. The fraction of sp³-hybridized carbons (Fsp3) is 0.423. The first kappa shape index (κ1) is 24.7. The number of ether oxygens (including phenoxy) is 1. The standard InChI is InChI=1S/C26H29BrFN5O3/c1-18-3-4-20(23(13-18)36-2)17-32-24(34)6-9-31(25(32)35)22-16-29-33-10-5-19(14-21(22)33)15-26(28)7-11-30(27)12-8-26/h3-5,10,13-14,16H,6-9,11-12,15,17H2,1-2H3. The largest absolute Gasteiger partial charge is 0.496 e. The summed E-state index contributed by atoms with van der Waals surface area (Å²) in [5.74, 6) is 0.410. The number of aryl methyl sites for hydroxylation is 1. The maximum Gasteiger partial charge on any atom is 0.331 e. The number of benzene rings is 1. The summed E-state index contributed by atoms with van der Waals surface area (Å²) in [7, 11) is 1.58. The summed E-state index contributed by atoms with van der Waals surface area (Å²) in [5, 5.41) is 4.40. The molecule has 2 aliphatic heterocycles. The maximum atomic E-state index is 15.5. The van der Waals surface area contributed by atoms with Gasteiger partial charge in [-0.1, -0.05) is 12.1 Å². The third-order valence-electron chi connectivity index (χ3n) is 7.07. The van der Waals surface area contributed by atoms with Gasteiger partial charge in [-0.05, 0) is 49.1 Å². The Morgan fingerprint density at radius 3 is 2.67 bits per heavy atom. The SMILES string of the molecule is COc1cc(C)ccc1CN1C(=O)CCN(c2cnn3ccc(CC4(F)CCN(Br)CC4)cc23)C1=O. The molecule has 0 saturated carbocycles. The molecule has 4 heterocycles. The van der Waals surface area contributed by atoms with Gasteiger partial charge >= 0.3 is 6.03 Å². The highest BCUT2D eigenvalue weighted by Crippen LogP contribution is 2.33. The molecule has 0 aliphatic carbocycles. The number of fused-ring (bicyclic) bond motifs is 1. The zero-order valence-electron chi connectivity index (χ0n) is 20.4. The number of urea groups is 1. The summed E-state index contributed by atoms with van der Waals surface area (Å²) in [5.41, 5.74) is 2.71. The van der Waals surface area contributed by atoms with Gasteiger partial charge in [-0.2, -0.15) is 5.10 Å². The number of methoxy groups -OCH3 is 1. The van der Waals surface area contributed by atoms with Crippen molar-refractivity contribution in [1.82, 2.24) is 18.4 Å². The van der Waals surface area contributed by atoms with Crippen LogP contribution in [0.5, 0.6) is 5.75 Å². The van der Waals surface area contributed by atoms with Crippen LogP contribution in [0.25, 0.3) is 5.52 Å². The summed E-state index contributed by atoms with van der Waals surface area (Å²) < 4.78 is 24.6. The van der Waals surface area contributed by atoms with Crippen molar-refractivity contribution in [3.05, 3.63) is 59.4 Å². The predicted molar refractivity (Wildman–Crippen MR) is 138 cm³/mol. The van der Waals surface area contributed by atoms with Crippen molar-refractivity contribution in [1.29, 1.82) is 0 Å². The van der Waals surface area contributed by atoms with E-state index in [1.807, 2.05) is 41.2 Å². The van der Waals surface area contributed by atoms with Gasteiger partial charge in [0.15, 0.2) is 0 Å². The van der Waals surface area contributed by atoms with Crippen LogP contribution in [0, 0.1) is 6.92 Å². The van der Waals surface area contributed by atoms with Crippen molar-refractivity contribution in [2.45, 2.75) is 44.8 Å². The number of pyridine rings is 1. The highest BCUT2D eigenvalue weighted by molar-refractivity contribution is 9.07. The molecule has 1 aromatic carbocycles. The Morgan fingerprint density at radius 2 is 1.92 bits per heavy atom. The third kappa shape index (κ3) is 4.84. The molecule has 8 nitrogen and oxygen atoms in total. The second-order valence-electron chi connectivity index (χ2n) is 9.61. The molecule has 5 rings (SSSR count). The molecule has 3 amide bonds. The monoisotopic (exact) mass is 557 g/mol. The number of hydrogen-bond acceptors (Lipinski definition) is 5. The number of aromatic nitrogens is 2. The van der Waals surface area contributed by atoms with Crippen LogP contribution in [0.3, 0.4) is 0 Å². The summed E-state index contributed by atoms with van der Waals surface area (Å²) in [6, 6.07) is 9.08. The smallest absolute Gasteiger partial charge is 0.331 e. The number of imide groups is 1. The third-order valence-corrected chi connectivity index (χ3v) is 7.77. The Bertz CT molecular complexity index is 1300. The van der Waals surface area contributed by atoms with E-state index in [2.05, 4.69) is 21.2 Å². The lowest BCUT2D eigenvalue weighted by Gasteiger charge is -2.34. The molecular formula is C26H29BrFN5O3. The average Bonchev–Trinajstić information content (AvgIpc) is 3.27. The Balaban J connectivity index is 1.40. The zero-order chi connectivity index (χ0) is 25.4. The van der Waals surface area contributed by atoms with Gasteiger partial charge < -0.3 is 4.74 Å². The second kappa shape index (κ2) is 9.82. The maximum absolute atomic E-state index is 15.5. The first-order valence-corrected chi connectivity index (χ1v) is 12.8. The number of carbonyl (C=O) groups is 2. The van der Waals surface area contributed by atoms with Gasteiger partial charge in [0.05, 0.1) is 31.1 Å². The minimum atomic E-state index is -1.26. The van der Waals surface area contributed by atoms with Gasteiger partial charge in [0.1, 0.15) is 11.4 Å². The van der Waals surface area contributed by atoms with E-state index < -0.39 is 11.7 Å². The van der Waals surface area contributed by atoms with Crippen LogP contribution in [0.1, 0.15) is 36.0 Å². The molecule has 36 heavy (non-hydrogen) atoms. The molecule has 0 N–H and O–H groups in total. The van der Waals surface area contributed by atoms with Gasteiger partial charge in [0.25, 0.3) is 0 Å². The van der Waals surface area contributed by atoms with Crippen LogP contribution in [-0.2, 0) is 17.8 Å². The molecule has 3 aromatic rings. The Morgan fingerprint density at radius 1 is 1.14 bits per heavy atom. The van der Waals surface area contributed by atoms with Gasteiger partial charge in [-0.3, -0.25) is 14.6 Å². The summed E-state index contributed by atoms with van der Waals surface area (Å²) in [6.45, 7) is 3.67. The molecule has 0 atom stereocenters. The van der Waals surface area contributed by atoms with E-state index in [1.165, 1.54) is 4.90 Å². The van der Waals surface area contributed by atoms with E-state index in [4.69, 9.17) is 4.74 Å². The molecule has 0 spiro atoms. The molecule has 10 heteroatoms. The van der Waals surface area contributed by atoms with Crippen LogP contribution < -0.4 is 9.64 Å². The fourth-order valence-electron chi connectivity index (χ4n) is 4.97. The van der Waals surface area contributed by atoms with E-state index in [1.54, 1.807) is 28.9 Å². The Labute approximate surface area is 217 Å². The molecule has 2 fully saturated rings. The van der Waals surface area contributed by atoms with Gasteiger partial charge in [0, 0.05) is 60.4 Å². The van der Waals surface area contributed by atoms with Gasteiger partial charge in [-0.25, -0.2) is 17.6 Å². The lowest BCUT2D eigenvalue weighted by Crippen LogP contribution is -2.52. The molecule has 190 valence electrons. The molecular weight excluding hydrogens is 529 g/mol. The number of nitrogens with zero attached hydrogens (tertiary/aromatic N) is 5. The zero-order valence-corrected chi connectivity index (χ0v) is 22.0. The highest BCUT2D eigenvalue weighted by atomic mass is 79.9. The lowest BCUT2D eigenvalue weighted by molar-refractivity contribution is -0.129. The van der Waals surface area contributed by atoms with Crippen LogP contribution in [-0.4, -0.2) is 62.8 Å². The number of amides is 3. The van der Waals surface area contributed by atoms with Crippen molar-refractivity contribution in [2.75, 3.05) is 31.6 Å². The number of alkyl halides is 1. The van der Waals surface area contributed by atoms with Crippen LogP contribution in [0.15, 0.2) is 42.7 Å². The topological polar surface area (TPSA) is 70.4 Å². The van der Waals surface area contributed by atoms with Crippen LogP contribution in [0.4, 0.5) is 14.9 Å². The van der Waals surface area contributed by atoms with E-state index in [0.717, 1.165) is 16.7 Å². The van der Waals surface area contributed by atoms with Crippen LogP contribution >= 0.6 is 16.1 Å². The van der Waals surface area contributed by atoms with E-state index in [9.17, 15) is 9.59 Å². The first-order valence-electron chi connectivity index (χ1n) is 12.1. The summed E-state index contributed by atoms with van der Waals surface area (Å²) >= 11 is 3.44. The summed E-state index contributed by atoms with van der Waals surface area (Å²) in [4.78, 5) is 29.1. The minimum Gasteiger partial charge on any atom is -0.496 e. The quantitative estimate of drug-likeness (QED) is 0.412. The molecule has 2 aliphatic rings. The molecule has 0 bridgehead atoms. The van der Waals surface area contributed by atoms with Crippen molar-refractivity contribution in [3.8, 4) is 5.75 Å². The number of rotatable bonds is 6. The highest BCUT2D eigenvalue weighted by Gasteiger charge is 2.36. The van der Waals surface area contributed by atoms with Gasteiger partial charge in [0.2, 0.25) is 5.91 Å². The molecule has 0 radical (unpaired) electrons. The average molecular weight is 558 g/mol. The molecule has 2 aromatic heterocycles. The van der Waals surface area contributed by atoms with Crippen molar-refractivity contribution in [3.63, 3.8) is 0 Å². The van der Waals surface area contributed by atoms with E-state index in [-0.39, 0.29) is 25.4 Å². The number of halogens is 2. The van der Waals surface area contributed by atoms with Crippen molar-refractivity contribution < 1.29 is 18.7 Å². The van der Waals surface area contributed by atoms with Crippen LogP contribution in [0.2, 0.25) is 0 Å². The van der Waals surface area contributed by atoms with Crippen molar-refractivity contribution in [2.24, 2.45) is 0 Å². The Kier molecular flexibility index (Phi) is 6.74. The summed E-state index contributed by atoms with van der Waals surface area (Å²) in [6.07, 6.45) is 4.85. The van der Waals surface area contributed by atoms with E-state index in [0.29, 0.717) is 49.3 Å². The van der Waals surface area contributed by atoms with Crippen molar-refractivity contribution >= 4 is 39.3 Å². The fourth-order valence-corrected chi connectivity index (χ4v) is 5.33. The molecule has 2 saturated heterocycles.